The second-order valence-electron chi connectivity index (χ2n) is 9.27. The molecule has 1 aromatic heterocycles. The third kappa shape index (κ3) is 2.30. The Balaban J connectivity index is 1.11. The number of nitrogens with zero attached hydrogens (tertiary/aromatic N) is 1. The first-order valence-electron chi connectivity index (χ1n) is 10.8. The number of anilines is 1. The topological polar surface area (TPSA) is 79.6 Å². The minimum atomic E-state index is -0.374. The lowest BCUT2D eigenvalue weighted by molar-refractivity contribution is -0.142. The van der Waals surface area contributed by atoms with Gasteiger partial charge in [-0.3, -0.25) is 19.3 Å². The van der Waals surface area contributed by atoms with Gasteiger partial charge in [-0.15, -0.1) is 0 Å². The maximum Gasteiger partial charge on any atom is 0.244 e. The summed E-state index contributed by atoms with van der Waals surface area (Å²) in [5.41, 5.74) is 2.05. The first-order valence-corrected chi connectivity index (χ1v) is 10.8. The van der Waals surface area contributed by atoms with Gasteiger partial charge in [0, 0.05) is 22.5 Å². The van der Waals surface area contributed by atoms with Crippen LogP contribution in [0.15, 0.2) is 59.0 Å². The number of allylic oxidation sites excluding steroid dienone is 2. The van der Waals surface area contributed by atoms with E-state index in [9.17, 15) is 14.4 Å². The Hall–Kier alpha value is -3.41. The molecule has 4 aliphatic carbocycles. The van der Waals surface area contributed by atoms with Crippen molar-refractivity contribution in [3.63, 3.8) is 0 Å². The van der Waals surface area contributed by atoms with Crippen molar-refractivity contribution in [2.75, 3.05) is 11.9 Å². The molecule has 2 heterocycles. The van der Waals surface area contributed by atoms with Crippen LogP contribution in [0.1, 0.15) is 6.42 Å². The minimum absolute atomic E-state index is 0.167. The van der Waals surface area contributed by atoms with Crippen LogP contribution >= 0.6 is 0 Å². The molecule has 2 aromatic carbocycles. The molecule has 0 spiro atoms. The van der Waals surface area contributed by atoms with Crippen LogP contribution in [0.5, 0.6) is 0 Å². The first kappa shape index (κ1) is 17.3. The molecule has 0 unspecified atom stereocenters. The zero-order valence-electron chi connectivity index (χ0n) is 16.7. The lowest BCUT2D eigenvalue weighted by atomic mass is 9.63. The molecule has 6 nitrogen and oxygen atoms in total. The smallest absolute Gasteiger partial charge is 0.244 e. The largest absolute Gasteiger partial charge is 0.456 e. The van der Waals surface area contributed by atoms with Crippen LogP contribution in [-0.4, -0.2) is 29.2 Å². The number of imide groups is 1. The number of nitrogens with one attached hydrogen (secondary N) is 1. The van der Waals surface area contributed by atoms with Gasteiger partial charge in [-0.05, 0) is 48.3 Å². The number of hydrogen-bond donors (Lipinski definition) is 1. The monoisotopic (exact) mass is 412 g/mol. The van der Waals surface area contributed by atoms with Gasteiger partial charge in [0.25, 0.3) is 0 Å². The van der Waals surface area contributed by atoms with Gasteiger partial charge in [-0.2, -0.15) is 0 Å². The highest BCUT2D eigenvalue weighted by Gasteiger charge is 2.67. The number of carbonyl (C=O) groups excluding carboxylic acids is 3. The normalized spacial score (nSPS) is 32.6. The molecule has 1 aliphatic heterocycles. The number of furan rings is 1. The molecular formula is C25H20N2O4. The predicted molar refractivity (Wildman–Crippen MR) is 114 cm³/mol. The number of benzene rings is 2. The third-order valence-electron chi connectivity index (χ3n) is 7.72. The van der Waals surface area contributed by atoms with E-state index >= 15 is 0 Å². The van der Waals surface area contributed by atoms with Crippen LogP contribution in [0.3, 0.4) is 0 Å². The lowest BCUT2D eigenvalue weighted by Crippen LogP contribution is -2.40. The molecule has 3 aromatic rings. The van der Waals surface area contributed by atoms with Crippen molar-refractivity contribution in [1.29, 1.82) is 0 Å². The number of likely N-dealkylation sites (tertiary alicyclic amines) is 1. The van der Waals surface area contributed by atoms with E-state index in [1.165, 1.54) is 4.90 Å². The second-order valence-corrected chi connectivity index (χ2v) is 9.27. The Bertz CT molecular complexity index is 1300. The molecular weight excluding hydrogens is 392 g/mol. The van der Waals surface area contributed by atoms with Crippen molar-refractivity contribution in [3.05, 3.63) is 54.6 Å². The Morgan fingerprint density at radius 3 is 2.35 bits per heavy atom. The van der Waals surface area contributed by atoms with Crippen molar-refractivity contribution >= 4 is 45.3 Å². The molecule has 154 valence electrons. The molecule has 3 amide bonds. The van der Waals surface area contributed by atoms with Gasteiger partial charge in [0.2, 0.25) is 17.7 Å². The van der Waals surface area contributed by atoms with Crippen LogP contribution in [0.25, 0.3) is 21.9 Å². The Morgan fingerprint density at radius 1 is 0.935 bits per heavy atom. The Morgan fingerprint density at radius 2 is 1.61 bits per heavy atom. The van der Waals surface area contributed by atoms with Crippen molar-refractivity contribution in [1.82, 2.24) is 4.90 Å². The summed E-state index contributed by atoms with van der Waals surface area (Å²) in [4.78, 5) is 40.0. The molecule has 6 atom stereocenters. The quantitative estimate of drug-likeness (QED) is 0.527. The molecule has 1 saturated heterocycles. The van der Waals surface area contributed by atoms with Gasteiger partial charge in [-0.25, -0.2) is 0 Å². The van der Waals surface area contributed by atoms with Crippen LogP contribution in [-0.2, 0) is 14.4 Å². The van der Waals surface area contributed by atoms with Gasteiger partial charge >= 0.3 is 0 Å². The van der Waals surface area contributed by atoms with Gasteiger partial charge in [0.15, 0.2) is 0 Å². The fourth-order valence-corrected chi connectivity index (χ4v) is 6.32. The van der Waals surface area contributed by atoms with Gasteiger partial charge in [0.1, 0.15) is 17.7 Å². The van der Waals surface area contributed by atoms with E-state index in [0.29, 0.717) is 23.1 Å². The highest BCUT2D eigenvalue weighted by Crippen LogP contribution is 2.65. The summed E-state index contributed by atoms with van der Waals surface area (Å²) < 4.78 is 5.87. The van der Waals surface area contributed by atoms with Gasteiger partial charge < -0.3 is 9.73 Å². The first-order chi connectivity index (χ1) is 15.1. The molecule has 1 N–H and O–H groups in total. The second kappa shape index (κ2) is 5.84. The van der Waals surface area contributed by atoms with Crippen LogP contribution in [0, 0.1) is 35.5 Å². The van der Waals surface area contributed by atoms with E-state index in [1.54, 1.807) is 6.07 Å². The van der Waals surface area contributed by atoms with E-state index < -0.39 is 0 Å². The van der Waals surface area contributed by atoms with Gasteiger partial charge in [0.05, 0.1) is 11.8 Å². The molecule has 8 rings (SSSR count). The van der Waals surface area contributed by atoms with Gasteiger partial charge in [-0.1, -0.05) is 30.4 Å². The molecule has 5 aliphatic rings. The Kier molecular flexibility index (Phi) is 3.26. The average Bonchev–Trinajstić information content (AvgIpc) is 3.47. The molecule has 3 fully saturated rings. The Labute approximate surface area is 177 Å². The number of carbonyl (C=O) groups is 3. The maximum absolute atomic E-state index is 13.0. The lowest BCUT2D eigenvalue weighted by Gasteiger charge is -2.37. The minimum Gasteiger partial charge on any atom is -0.456 e. The summed E-state index contributed by atoms with van der Waals surface area (Å²) in [6, 6.07) is 13.3. The summed E-state index contributed by atoms with van der Waals surface area (Å²) in [5, 5.41) is 4.82. The highest BCUT2D eigenvalue weighted by molar-refractivity contribution is 6.10. The number of amides is 3. The number of rotatable bonds is 3. The van der Waals surface area contributed by atoms with E-state index in [-0.39, 0.29) is 47.9 Å². The van der Waals surface area contributed by atoms with E-state index in [0.717, 1.165) is 22.8 Å². The van der Waals surface area contributed by atoms with Crippen molar-refractivity contribution in [2.24, 2.45) is 35.5 Å². The van der Waals surface area contributed by atoms with Crippen LogP contribution in [0.4, 0.5) is 5.69 Å². The predicted octanol–water partition coefficient (Wildman–Crippen LogP) is 3.58. The van der Waals surface area contributed by atoms with E-state index in [2.05, 4.69) is 17.5 Å². The molecule has 2 bridgehead atoms. The summed E-state index contributed by atoms with van der Waals surface area (Å²) in [6.07, 6.45) is 5.40. The SMILES string of the molecule is O=C(CN1C(=O)[C@@H]2[C@H]3C=C[C@@H]([C@@H]4C[C@@H]34)[C@@H]2C1=O)Nc1ccc2c(c1)oc1ccccc12. The summed E-state index contributed by atoms with van der Waals surface area (Å²) in [5.74, 6) is 0.165. The average molecular weight is 412 g/mol. The van der Waals surface area contributed by atoms with E-state index in [1.807, 2.05) is 36.4 Å². The summed E-state index contributed by atoms with van der Waals surface area (Å²) in [7, 11) is 0. The van der Waals surface area contributed by atoms with Crippen LogP contribution in [0.2, 0.25) is 0 Å². The van der Waals surface area contributed by atoms with Crippen molar-refractivity contribution < 1.29 is 18.8 Å². The van der Waals surface area contributed by atoms with Crippen LogP contribution < -0.4 is 5.32 Å². The fourth-order valence-electron chi connectivity index (χ4n) is 6.32. The fraction of sp³-hybridized carbons (Fsp3) is 0.320. The van der Waals surface area contributed by atoms with Crippen molar-refractivity contribution in [3.8, 4) is 0 Å². The molecule has 2 saturated carbocycles. The molecule has 6 heteroatoms. The van der Waals surface area contributed by atoms with Crippen molar-refractivity contribution in [2.45, 2.75) is 6.42 Å². The van der Waals surface area contributed by atoms with E-state index in [4.69, 9.17) is 4.42 Å². The molecule has 0 radical (unpaired) electrons. The molecule has 31 heavy (non-hydrogen) atoms. The summed E-state index contributed by atoms with van der Waals surface area (Å²) in [6.45, 7) is -0.238. The number of fused-ring (bicyclic) bond motifs is 3. The zero-order valence-corrected chi connectivity index (χ0v) is 16.7. The highest BCUT2D eigenvalue weighted by atomic mass is 16.3. The number of para-hydroxylation sites is 1. The third-order valence-corrected chi connectivity index (χ3v) is 7.72. The standard InChI is InChI=1S/C25H20N2O4/c28-21(26-12-5-6-14-13-3-1-2-4-19(13)31-20(14)9-12)11-27-24(29)22-15-7-8-16(18-10-17(15)18)23(22)25(27)30/h1-9,15-18,22-23H,10-11H2,(H,26,28)/t15-,16-,17-,18-,22-,23+/m0/s1. The zero-order chi connectivity index (χ0) is 20.9. The summed E-state index contributed by atoms with van der Waals surface area (Å²) >= 11 is 0. The maximum atomic E-state index is 13.0. The number of hydrogen-bond acceptors (Lipinski definition) is 4.